The van der Waals surface area contributed by atoms with Crippen molar-refractivity contribution in [2.24, 2.45) is 5.14 Å². The number of imidazole rings is 1. The second-order valence-electron chi connectivity index (χ2n) is 6.42. The molecule has 0 saturated carbocycles. The number of benzene rings is 1. The van der Waals surface area contributed by atoms with Gasteiger partial charge in [0.25, 0.3) is 0 Å². The molecule has 1 aromatic heterocycles. The first-order valence-electron chi connectivity index (χ1n) is 8.84. The lowest BCUT2D eigenvalue weighted by atomic mass is 10.2. The summed E-state index contributed by atoms with van der Waals surface area (Å²) >= 11 is 1.40. The monoisotopic (exact) mass is 396 g/mol. The summed E-state index contributed by atoms with van der Waals surface area (Å²) < 4.78 is 25.1. The molecule has 2 heterocycles. The van der Waals surface area contributed by atoms with Crippen LogP contribution < -0.4 is 5.14 Å². The van der Waals surface area contributed by atoms with Crippen LogP contribution in [0.2, 0.25) is 0 Å². The highest BCUT2D eigenvalue weighted by Gasteiger charge is 2.18. The number of nitrogens with zero attached hydrogens (tertiary/aromatic N) is 3. The van der Waals surface area contributed by atoms with Crippen LogP contribution in [0.5, 0.6) is 0 Å². The zero-order valence-corrected chi connectivity index (χ0v) is 16.5. The van der Waals surface area contributed by atoms with Crippen LogP contribution in [0.25, 0.3) is 11.0 Å². The van der Waals surface area contributed by atoms with E-state index in [0.717, 1.165) is 36.6 Å². The minimum atomic E-state index is -3.77. The Morgan fingerprint density at radius 3 is 2.54 bits per heavy atom. The molecule has 1 aliphatic rings. The average Bonchev–Trinajstić information content (AvgIpc) is 2.76. The third kappa shape index (κ3) is 4.21. The van der Waals surface area contributed by atoms with Gasteiger partial charge in [0, 0.05) is 19.6 Å². The number of aryl methyl sites for hydroxylation is 1. The number of carbonyl (C=O) groups excluding carboxylic acids is 1. The van der Waals surface area contributed by atoms with Gasteiger partial charge in [0.1, 0.15) is 0 Å². The minimum Gasteiger partial charge on any atom is -0.342 e. The first kappa shape index (κ1) is 19.2. The van der Waals surface area contributed by atoms with Crippen molar-refractivity contribution < 1.29 is 13.2 Å². The number of amides is 1. The summed E-state index contributed by atoms with van der Waals surface area (Å²) in [5.41, 5.74) is 1.41. The summed E-state index contributed by atoms with van der Waals surface area (Å²) in [6.07, 6.45) is 4.52. The molecule has 0 radical (unpaired) electrons. The van der Waals surface area contributed by atoms with E-state index >= 15 is 0 Å². The molecule has 0 bridgehead atoms. The molecule has 0 unspecified atom stereocenters. The number of hydrogen-bond donors (Lipinski definition) is 1. The molecule has 2 N–H and O–H groups in total. The Hall–Kier alpha value is -1.58. The van der Waals surface area contributed by atoms with Gasteiger partial charge in [-0.25, -0.2) is 18.5 Å². The molecule has 1 amide bonds. The van der Waals surface area contributed by atoms with Crippen LogP contribution in [0.15, 0.2) is 28.3 Å². The van der Waals surface area contributed by atoms with Gasteiger partial charge >= 0.3 is 0 Å². The molecule has 1 fully saturated rings. The van der Waals surface area contributed by atoms with Gasteiger partial charge in [-0.1, -0.05) is 24.6 Å². The summed E-state index contributed by atoms with van der Waals surface area (Å²) in [5, 5.41) is 5.92. The fourth-order valence-corrected chi connectivity index (χ4v) is 4.73. The summed E-state index contributed by atoms with van der Waals surface area (Å²) in [6.45, 7) is 4.35. The van der Waals surface area contributed by atoms with Crippen molar-refractivity contribution in [2.45, 2.75) is 49.2 Å². The van der Waals surface area contributed by atoms with Crippen molar-refractivity contribution in [3.63, 3.8) is 0 Å². The van der Waals surface area contributed by atoms with Gasteiger partial charge in [-0.15, -0.1) is 0 Å². The van der Waals surface area contributed by atoms with Gasteiger partial charge in [-0.3, -0.25) is 4.79 Å². The number of sulfonamides is 1. The highest BCUT2D eigenvalue weighted by molar-refractivity contribution is 7.99. The van der Waals surface area contributed by atoms with E-state index in [0.29, 0.717) is 17.8 Å². The van der Waals surface area contributed by atoms with Gasteiger partial charge in [0.15, 0.2) is 5.16 Å². The minimum absolute atomic E-state index is 0.0444. The standard InChI is InChI=1S/C17H24N4O3S2/c1-2-21-15-8-7-13(26(18,23)24)11-14(15)19-17(21)25-12-16(22)20-9-5-3-4-6-10-20/h7-8,11H,2-6,9-10,12H2,1H3,(H2,18,23,24). The number of primary sulfonamides is 1. The van der Waals surface area contributed by atoms with Crippen LogP contribution in [0.1, 0.15) is 32.6 Å². The zero-order chi connectivity index (χ0) is 18.7. The van der Waals surface area contributed by atoms with Crippen molar-refractivity contribution >= 4 is 38.7 Å². The number of fused-ring (bicyclic) bond motifs is 1. The maximum Gasteiger partial charge on any atom is 0.238 e. The van der Waals surface area contributed by atoms with Gasteiger partial charge in [0.2, 0.25) is 15.9 Å². The van der Waals surface area contributed by atoms with Crippen LogP contribution in [0, 0.1) is 0 Å². The number of thioether (sulfide) groups is 1. The number of hydrogen-bond acceptors (Lipinski definition) is 5. The van der Waals surface area contributed by atoms with E-state index in [1.165, 1.54) is 36.7 Å². The SMILES string of the molecule is CCn1c(SCC(=O)N2CCCCCC2)nc2cc(S(N)(=O)=O)ccc21. The molecule has 3 rings (SSSR count). The molecular formula is C17H24N4O3S2. The molecule has 26 heavy (non-hydrogen) atoms. The molecular weight excluding hydrogens is 372 g/mol. The van der Waals surface area contributed by atoms with E-state index in [4.69, 9.17) is 5.14 Å². The Kier molecular flexibility index (Phi) is 5.89. The lowest BCUT2D eigenvalue weighted by molar-refractivity contribution is -0.128. The second-order valence-corrected chi connectivity index (χ2v) is 8.92. The van der Waals surface area contributed by atoms with E-state index in [1.54, 1.807) is 6.07 Å². The molecule has 0 spiro atoms. The number of aromatic nitrogens is 2. The van der Waals surface area contributed by atoms with Crippen LogP contribution in [0.4, 0.5) is 0 Å². The Morgan fingerprint density at radius 2 is 1.92 bits per heavy atom. The predicted molar refractivity (Wildman–Crippen MR) is 103 cm³/mol. The van der Waals surface area contributed by atoms with Crippen LogP contribution >= 0.6 is 11.8 Å². The third-order valence-electron chi connectivity index (χ3n) is 4.61. The molecule has 2 aromatic rings. The van der Waals surface area contributed by atoms with Gasteiger partial charge in [-0.05, 0) is 38.0 Å². The van der Waals surface area contributed by atoms with Crippen molar-refractivity contribution in [1.82, 2.24) is 14.5 Å². The smallest absolute Gasteiger partial charge is 0.238 e. The maximum absolute atomic E-state index is 12.5. The van der Waals surface area contributed by atoms with E-state index in [9.17, 15) is 13.2 Å². The maximum atomic E-state index is 12.5. The quantitative estimate of drug-likeness (QED) is 0.781. The highest BCUT2D eigenvalue weighted by atomic mass is 32.2. The predicted octanol–water partition coefficient (Wildman–Crippen LogP) is 2.20. The Labute approximate surface area is 158 Å². The van der Waals surface area contributed by atoms with Crippen molar-refractivity contribution in [3.8, 4) is 0 Å². The molecule has 9 heteroatoms. The van der Waals surface area contributed by atoms with Crippen LogP contribution in [-0.4, -0.2) is 47.6 Å². The number of rotatable bonds is 5. The molecule has 1 aliphatic heterocycles. The molecule has 142 valence electrons. The van der Waals surface area contributed by atoms with Crippen LogP contribution in [-0.2, 0) is 21.4 Å². The van der Waals surface area contributed by atoms with Gasteiger partial charge in [-0.2, -0.15) is 0 Å². The average molecular weight is 397 g/mol. The fourth-order valence-electron chi connectivity index (χ4n) is 3.22. The number of nitrogens with two attached hydrogens (primary N) is 1. The molecule has 0 atom stereocenters. The van der Waals surface area contributed by atoms with Crippen molar-refractivity contribution in [3.05, 3.63) is 18.2 Å². The van der Waals surface area contributed by atoms with E-state index < -0.39 is 10.0 Å². The zero-order valence-electron chi connectivity index (χ0n) is 14.8. The van der Waals surface area contributed by atoms with Crippen LogP contribution in [0.3, 0.4) is 0 Å². The van der Waals surface area contributed by atoms with Gasteiger partial charge in [0.05, 0.1) is 21.7 Å². The fraction of sp³-hybridized carbons (Fsp3) is 0.529. The normalized spacial score (nSPS) is 16.0. The lowest BCUT2D eigenvalue weighted by Gasteiger charge is -2.19. The first-order chi connectivity index (χ1) is 12.4. The van der Waals surface area contributed by atoms with E-state index in [-0.39, 0.29) is 10.8 Å². The molecule has 7 nitrogen and oxygen atoms in total. The van der Waals surface area contributed by atoms with Gasteiger partial charge < -0.3 is 9.47 Å². The number of carbonyl (C=O) groups is 1. The Bertz CT molecular complexity index is 900. The van der Waals surface area contributed by atoms with Crippen molar-refractivity contribution in [2.75, 3.05) is 18.8 Å². The third-order valence-corrected chi connectivity index (χ3v) is 6.49. The van der Waals surface area contributed by atoms with E-state index in [1.807, 2.05) is 16.4 Å². The summed E-state index contributed by atoms with van der Waals surface area (Å²) in [5.74, 6) is 0.475. The Balaban J connectivity index is 1.79. The summed E-state index contributed by atoms with van der Waals surface area (Å²) in [4.78, 5) is 19.0. The molecule has 0 aliphatic carbocycles. The topological polar surface area (TPSA) is 98.3 Å². The lowest BCUT2D eigenvalue weighted by Crippen LogP contribution is -2.33. The Morgan fingerprint density at radius 1 is 1.23 bits per heavy atom. The highest BCUT2D eigenvalue weighted by Crippen LogP contribution is 2.26. The largest absolute Gasteiger partial charge is 0.342 e. The second kappa shape index (κ2) is 7.98. The summed E-state index contributed by atoms with van der Waals surface area (Å²) in [6, 6.07) is 4.69. The van der Waals surface area contributed by atoms with E-state index in [2.05, 4.69) is 4.98 Å². The first-order valence-corrected chi connectivity index (χ1v) is 11.4. The number of likely N-dealkylation sites (tertiary alicyclic amines) is 1. The van der Waals surface area contributed by atoms with Crippen molar-refractivity contribution in [1.29, 1.82) is 0 Å². The molecule has 1 saturated heterocycles. The molecule has 1 aromatic carbocycles. The summed E-state index contributed by atoms with van der Waals surface area (Å²) in [7, 11) is -3.77.